The molecule has 0 spiro atoms. The van der Waals surface area contributed by atoms with Crippen molar-refractivity contribution in [2.75, 3.05) is 13.6 Å². The molecule has 0 aliphatic carbocycles. The summed E-state index contributed by atoms with van der Waals surface area (Å²) in [5.74, 6) is -0.378. The van der Waals surface area contributed by atoms with Crippen LogP contribution < -0.4 is 0 Å². The van der Waals surface area contributed by atoms with Crippen molar-refractivity contribution in [1.29, 1.82) is 0 Å². The van der Waals surface area contributed by atoms with Crippen LogP contribution in [-0.2, 0) is 0 Å². The van der Waals surface area contributed by atoms with Crippen molar-refractivity contribution in [3.8, 4) is 0 Å². The van der Waals surface area contributed by atoms with Crippen molar-refractivity contribution in [2.45, 2.75) is 26.2 Å². The van der Waals surface area contributed by atoms with E-state index in [1.54, 1.807) is 6.07 Å². The van der Waals surface area contributed by atoms with Gasteiger partial charge in [-0.1, -0.05) is 25.4 Å². The minimum Gasteiger partial charge on any atom is -0.336 e. The molecule has 1 heterocycles. The predicted octanol–water partition coefficient (Wildman–Crippen LogP) is 3.20. The lowest BCUT2D eigenvalue weighted by atomic mass is 10.1. The zero-order chi connectivity index (χ0) is 13.9. The summed E-state index contributed by atoms with van der Waals surface area (Å²) in [6.07, 6.45) is -2.55. The van der Waals surface area contributed by atoms with Gasteiger partial charge in [0, 0.05) is 18.3 Å². The van der Waals surface area contributed by atoms with Gasteiger partial charge in [-0.3, -0.25) is 4.79 Å². The Morgan fingerprint density at radius 2 is 2.06 bits per heavy atom. The lowest BCUT2D eigenvalue weighted by molar-refractivity contribution is 0.0620. The Morgan fingerprint density at radius 1 is 1.44 bits per heavy atom. The highest BCUT2D eigenvalue weighted by Crippen LogP contribution is 2.18. The van der Waals surface area contributed by atoms with Gasteiger partial charge < -0.3 is 4.90 Å². The number of alkyl halides is 2. The molecule has 0 radical (unpaired) electrons. The van der Waals surface area contributed by atoms with E-state index in [1.165, 1.54) is 13.1 Å². The van der Waals surface area contributed by atoms with Crippen LogP contribution in [0.1, 0.15) is 35.8 Å². The SMILES string of the molecule is CC(C)c1cc(C(=O)N(C)CC(F)F)cc(Cl)n1. The molecule has 1 aromatic rings. The molecular formula is C12H15ClF2N2O. The smallest absolute Gasteiger partial charge is 0.255 e. The normalized spacial score (nSPS) is 11.1. The summed E-state index contributed by atoms with van der Waals surface area (Å²) in [4.78, 5) is 17.0. The zero-order valence-electron chi connectivity index (χ0n) is 10.5. The minimum absolute atomic E-state index is 0.107. The molecule has 0 aromatic carbocycles. The standard InChI is InChI=1S/C12H15ClF2N2O/c1-7(2)9-4-8(5-10(13)16-9)12(18)17(3)6-11(14)15/h4-5,7,11H,6H2,1-3H3. The summed E-state index contributed by atoms with van der Waals surface area (Å²) in [5.41, 5.74) is 0.943. The lowest BCUT2D eigenvalue weighted by Gasteiger charge is -2.17. The van der Waals surface area contributed by atoms with E-state index in [0.29, 0.717) is 5.69 Å². The van der Waals surface area contributed by atoms with Gasteiger partial charge >= 0.3 is 0 Å². The number of hydrogen-bond acceptors (Lipinski definition) is 2. The van der Waals surface area contributed by atoms with Crippen molar-refractivity contribution >= 4 is 17.5 Å². The van der Waals surface area contributed by atoms with Crippen LogP contribution >= 0.6 is 11.6 Å². The third-order valence-corrected chi connectivity index (χ3v) is 2.60. The fraction of sp³-hybridized carbons (Fsp3) is 0.500. The molecular weight excluding hydrogens is 262 g/mol. The van der Waals surface area contributed by atoms with Gasteiger partial charge in [-0.2, -0.15) is 0 Å². The molecule has 100 valence electrons. The Hall–Kier alpha value is -1.23. The third kappa shape index (κ3) is 3.91. The quantitative estimate of drug-likeness (QED) is 0.791. The molecule has 6 heteroatoms. The Bertz CT molecular complexity index is 438. The summed E-state index contributed by atoms with van der Waals surface area (Å²) >= 11 is 5.82. The molecule has 0 N–H and O–H groups in total. The average molecular weight is 277 g/mol. The maximum absolute atomic E-state index is 12.2. The summed E-state index contributed by atoms with van der Waals surface area (Å²) < 4.78 is 24.4. The van der Waals surface area contributed by atoms with Crippen molar-refractivity contribution in [2.24, 2.45) is 0 Å². The number of aromatic nitrogens is 1. The van der Waals surface area contributed by atoms with Crippen LogP contribution in [-0.4, -0.2) is 35.8 Å². The van der Waals surface area contributed by atoms with E-state index in [0.717, 1.165) is 4.90 Å². The molecule has 3 nitrogen and oxygen atoms in total. The van der Waals surface area contributed by atoms with Crippen LogP contribution in [0.15, 0.2) is 12.1 Å². The van der Waals surface area contributed by atoms with Gasteiger partial charge in [0.05, 0.1) is 6.54 Å². The van der Waals surface area contributed by atoms with Crippen molar-refractivity contribution in [3.63, 3.8) is 0 Å². The van der Waals surface area contributed by atoms with Gasteiger partial charge in [0.2, 0.25) is 0 Å². The van der Waals surface area contributed by atoms with E-state index < -0.39 is 18.9 Å². The highest BCUT2D eigenvalue weighted by Gasteiger charge is 2.17. The largest absolute Gasteiger partial charge is 0.336 e. The van der Waals surface area contributed by atoms with Gasteiger partial charge in [-0.15, -0.1) is 0 Å². The van der Waals surface area contributed by atoms with Crippen LogP contribution in [0, 0.1) is 0 Å². The van der Waals surface area contributed by atoms with Gasteiger partial charge in [-0.25, -0.2) is 13.8 Å². The van der Waals surface area contributed by atoms with Crippen LogP contribution in [0.2, 0.25) is 5.15 Å². The van der Waals surface area contributed by atoms with Gasteiger partial charge in [0.1, 0.15) is 5.15 Å². The van der Waals surface area contributed by atoms with E-state index in [2.05, 4.69) is 4.98 Å². The van der Waals surface area contributed by atoms with E-state index in [9.17, 15) is 13.6 Å². The molecule has 0 bridgehead atoms. The number of halogens is 3. The number of carbonyl (C=O) groups excluding carboxylic acids is 1. The Labute approximate surface area is 110 Å². The number of carbonyl (C=O) groups is 1. The first-order valence-electron chi connectivity index (χ1n) is 5.52. The molecule has 0 aliphatic rings. The Morgan fingerprint density at radius 3 is 2.56 bits per heavy atom. The number of hydrogen-bond donors (Lipinski definition) is 0. The van der Waals surface area contributed by atoms with E-state index >= 15 is 0 Å². The molecule has 1 aromatic heterocycles. The highest BCUT2D eigenvalue weighted by atomic mass is 35.5. The summed E-state index contributed by atoms with van der Waals surface area (Å²) in [7, 11) is 1.33. The molecule has 1 amide bonds. The van der Waals surface area contributed by atoms with Crippen molar-refractivity contribution < 1.29 is 13.6 Å². The Kier molecular flexibility index (Phi) is 5.02. The third-order valence-electron chi connectivity index (χ3n) is 2.41. The van der Waals surface area contributed by atoms with E-state index in [1.807, 2.05) is 13.8 Å². The first-order chi connectivity index (χ1) is 8.31. The summed E-state index contributed by atoms with van der Waals surface area (Å²) in [6, 6.07) is 2.97. The fourth-order valence-electron chi connectivity index (χ4n) is 1.45. The first kappa shape index (κ1) is 14.8. The molecule has 1 rings (SSSR count). The maximum Gasteiger partial charge on any atom is 0.255 e. The maximum atomic E-state index is 12.2. The molecule has 0 saturated carbocycles. The molecule has 18 heavy (non-hydrogen) atoms. The Balaban J connectivity index is 2.98. The summed E-state index contributed by atoms with van der Waals surface area (Å²) in [5, 5.41) is 0.190. The molecule has 0 saturated heterocycles. The molecule has 0 unspecified atom stereocenters. The van der Waals surface area contributed by atoms with Crippen LogP contribution in [0.5, 0.6) is 0 Å². The lowest BCUT2D eigenvalue weighted by Crippen LogP contribution is -2.31. The van der Waals surface area contributed by atoms with E-state index in [4.69, 9.17) is 11.6 Å². The monoisotopic (exact) mass is 276 g/mol. The minimum atomic E-state index is -2.55. The van der Waals surface area contributed by atoms with Crippen LogP contribution in [0.4, 0.5) is 8.78 Å². The van der Waals surface area contributed by atoms with Crippen molar-refractivity contribution in [3.05, 3.63) is 28.5 Å². The number of nitrogens with zero attached hydrogens (tertiary/aromatic N) is 2. The van der Waals surface area contributed by atoms with Gasteiger partial charge in [-0.05, 0) is 18.1 Å². The predicted molar refractivity (Wildman–Crippen MR) is 66.3 cm³/mol. The topological polar surface area (TPSA) is 33.2 Å². The second kappa shape index (κ2) is 6.09. The number of rotatable bonds is 4. The first-order valence-corrected chi connectivity index (χ1v) is 5.90. The van der Waals surface area contributed by atoms with Crippen LogP contribution in [0.3, 0.4) is 0 Å². The zero-order valence-corrected chi connectivity index (χ0v) is 11.2. The summed E-state index contributed by atoms with van der Waals surface area (Å²) in [6.45, 7) is 3.22. The van der Waals surface area contributed by atoms with Gasteiger partial charge in [0.25, 0.3) is 12.3 Å². The number of amides is 1. The molecule has 0 fully saturated rings. The van der Waals surface area contributed by atoms with Crippen LogP contribution in [0.25, 0.3) is 0 Å². The second-order valence-electron chi connectivity index (χ2n) is 4.33. The highest BCUT2D eigenvalue weighted by molar-refractivity contribution is 6.29. The second-order valence-corrected chi connectivity index (χ2v) is 4.72. The van der Waals surface area contributed by atoms with Gasteiger partial charge in [0.15, 0.2) is 0 Å². The van der Waals surface area contributed by atoms with Crippen molar-refractivity contribution in [1.82, 2.24) is 9.88 Å². The average Bonchev–Trinajstić information content (AvgIpc) is 2.26. The molecule has 0 atom stereocenters. The fourth-order valence-corrected chi connectivity index (χ4v) is 1.66. The molecule has 0 aliphatic heterocycles. The van der Waals surface area contributed by atoms with E-state index in [-0.39, 0.29) is 16.6 Å². The number of pyridine rings is 1.